The Morgan fingerprint density at radius 2 is 2.27 bits per heavy atom. The van der Waals surface area contributed by atoms with Crippen molar-refractivity contribution in [2.45, 2.75) is 38.6 Å². The molecule has 0 bridgehead atoms. The fourth-order valence-corrected chi connectivity index (χ4v) is 4.02. The number of hydrogen-bond acceptors (Lipinski definition) is 3. The Morgan fingerprint density at radius 3 is 2.80 bits per heavy atom. The van der Waals surface area contributed by atoms with E-state index in [1.165, 1.54) is 4.31 Å². The molecule has 1 atom stereocenters. The number of nitrogens with zero attached hydrogens (tertiary/aromatic N) is 1. The highest BCUT2D eigenvalue weighted by Crippen LogP contribution is 2.22. The second-order valence-corrected chi connectivity index (χ2v) is 6.35. The second kappa shape index (κ2) is 5.23. The van der Waals surface area contributed by atoms with Gasteiger partial charge in [-0.25, -0.2) is 8.42 Å². The van der Waals surface area contributed by atoms with E-state index in [1.54, 1.807) is 0 Å². The number of nitrogens with two attached hydrogens (primary N) is 1. The van der Waals surface area contributed by atoms with Crippen LogP contribution in [0.25, 0.3) is 0 Å². The lowest BCUT2D eigenvalue weighted by molar-refractivity contribution is 0.445. The van der Waals surface area contributed by atoms with Crippen LogP contribution in [0.4, 0.5) is 0 Å². The first-order valence-corrected chi connectivity index (χ1v) is 7.29. The summed E-state index contributed by atoms with van der Waals surface area (Å²) in [6, 6.07) is -0.248. The average molecular weight is 250 g/mol. The minimum Gasteiger partial charge on any atom is -0.392 e. The molecule has 4 nitrogen and oxygen atoms in total. The largest absolute Gasteiger partial charge is 0.392 e. The summed E-state index contributed by atoms with van der Waals surface area (Å²) in [7, 11) is -3.15. The molecule has 1 heterocycles. The number of thiocarbonyl (C=S) groups is 1. The summed E-state index contributed by atoms with van der Waals surface area (Å²) in [6.45, 7) is 2.54. The molecule has 1 aliphatic rings. The third-order valence-electron chi connectivity index (χ3n) is 2.65. The Hall–Kier alpha value is -0.200. The highest BCUT2D eigenvalue weighted by Gasteiger charge is 2.35. The highest BCUT2D eigenvalue weighted by atomic mass is 32.2. The van der Waals surface area contributed by atoms with Crippen molar-refractivity contribution in [3.05, 3.63) is 0 Å². The van der Waals surface area contributed by atoms with E-state index in [0.29, 0.717) is 18.0 Å². The zero-order valence-electron chi connectivity index (χ0n) is 8.98. The maximum Gasteiger partial charge on any atom is 0.214 e. The van der Waals surface area contributed by atoms with E-state index in [1.807, 2.05) is 6.92 Å². The lowest BCUT2D eigenvalue weighted by Gasteiger charge is -2.22. The van der Waals surface area contributed by atoms with Gasteiger partial charge in [-0.3, -0.25) is 0 Å². The van der Waals surface area contributed by atoms with Crippen LogP contribution in [0, 0.1) is 0 Å². The van der Waals surface area contributed by atoms with Gasteiger partial charge in [0.05, 0.1) is 16.8 Å². The van der Waals surface area contributed by atoms with Crippen LogP contribution < -0.4 is 5.73 Å². The van der Waals surface area contributed by atoms with Crippen molar-refractivity contribution < 1.29 is 8.42 Å². The maximum atomic E-state index is 11.9. The Bertz CT molecular complexity index is 327. The molecule has 0 radical (unpaired) electrons. The topological polar surface area (TPSA) is 63.4 Å². The lowest BCUT2D eigenvalue weighted by Crippen LogP contribution is -2.43. The molecule has 88 valence electrons. The second-order valence-electron chi connectivity index (χ2n) is 3.84. The fraction of sp³-hybridized carbons (Fsp3) is 0.889. The number of hydrogen-bond donors (Lipinski definition) is 1. The van der Waals surface area contributed by atoms with Gasteiger partial charge in [-0.15, -0.1) is 0 Å². The Labute approximate surface area is 96.9 Å². The van der Waals surface area contributed by atoms with Gasteiger partial charge in [-0.1, -0.05) is 25.6 Å². The van der Waals surface area contributed by atoms with E-state index in [2.05, 4.69) is 0 Å². The first-order valence-electron chi connectivity index (χ1n) is 5.28. The van der Waals surface area contributed by atoms with Crippen molar-refractivity contribution in [2.75, 3.05) is 12.3 Å². The first kappa shape index (κ1) is 12.9. The summed E-state index contributed by atoms with van der Waals surface area (Å²) in [5.41, 5.74) is 5.54. The van der Waals surface area contributed by atoms with Crippen molar-refractivity contribution in [3.8, 4) is 0 Å². The van der Waals surface area contributed by atoms with Crippen LogP contribution >= 0.6 is 12.2 Å². The Morgan fingerprint density at radius 1 is 1.60 bits per heavy atom. The number of sulfonamides is 1. The van der Waals surface area contributed by atoms with E-state index < -0.39 is 10.0 Å². The predicted octanol–water partition coefficient (Wildman–Crippen LogP) is 0.867. The minimum absolute atomic E-state index is 0.211. The average Bonchev–Trinajstić information content (AvgIpc) is 2.63. The van der Waals surface area contributed by atoms with Crippen molar-refractivity contribution in [3.63, 3.8) is 0 Å². The Balaban J connectivity index is 2.73. The molecule has 0 aliphatic carbocycles. The molecule has 1 rings (SSSR count). The number of unbranched alkanes of at least 4 members (excludes halogenated alkanes) is 1. The molecule has 1 saturated heterocycles. The quantitative estimate of drug-likeness (QED) is 0.735. The van der Waals surface area contributed by atoms with Crippen LogP contribution in [0.15, 0.2) is 0 Å². The molecule has 0 aromatic carbocycles. The Kier molecular flexibility index (Phi) is 4.48. The molecule has 1 unspecified atom stereocenters. The summed E-state index contributed by atoms with van der Waals surface area (Å²) in [4.78, 5) is 0.299. The van der Waals surface area contributed by atoms with Gasteiger partial charge in [0.25, 0.3) is 0 Å². The van der Waals surface area contributed by atoms with E-state index in [9.17, 15) is 8.42 Å². The van der Waals surface area contributed by atoms with Crippen LogP contribution in [-0.2, 0) is 10.0 Å². The van der Waals surface area contributed by atoms with E-state index in [0.717, 1.165) is 19.3 Å². The summed E-state index contributed by atoms with van der Waals surface area (Å²) in [5.74, 6) is 0.211. The van der Waals surface area contributed by atoms with Crippen LogP contribution in [0.5, 0.6) is 0 Å². The molecular weight excluding hydrogens is 232 g/mol. The zero-order valence-corrected chi connectivity index (χ0v) is 10.6. The zero-order chi connectivity index (χ0) is 11.5. The van der Waals surface area contributed by atoms with Gasteiger partial charge in [0.2, 0.25) is 10.0 Å². The van der Waals surface area contributed by atoms with Crippen molar-refractivity contribution in [1.82, 2.24) is 4.31 Å². The van der Waals surface area contributed by atoms with Crippen molar-refractivity contribution in [1.29, 1.82) is 0 Å². The molecule has 0 spiro atoms. The lowest BCUT2D eigenvalue weighted by atomic mass is 10.2. The van der Waals surface area contributed by atoms with Crippen LogP contribution in [0.3, 0.4) is 0 Å². The summed E-state index contributed by atoms with van der Waals surface area (Å²) >= 11 is 4.89. The molecule has 15 heavy (non-hydrogen) atoms. The molecule has 0 aromatic rings. The van der Waals surface area contributed by atoms with E-state index >= 15 is 0 Å². The SMILES string of the molecule is CCCCS(=O)(=O)N1CCCC1C(N)=S. The van der Waals surface area contributed by atoms with Gasteiger partial charge in [0.15, 0.2) is 0 Å². The predicted molar refractivity (Wildman–Crippen MR) is 65.2 cm³/mol. The van der Waals surface area contributed by atoms with Gasteiger partial charge in [0.1, 0.15) is 0 Å². The highest BCUT2D eigenvalue weighted by molar-refractivity contribution is 7.89. The third kappa shape index (κ3) is 3.12. The van der Waals surface area contributed by atoms with Gasteiger partial charge < -0.3 is 5.73 Å². The van der Waals surface area contributed by atoms with E-state index in [4.69, 9.17) is 18.0 Å². The maximum absolute atomic E-state index is 11.9. The fourth-order valence-electron chi connectivity index (χ4n) is 1.80. The summed E-state index contributed by atoms with van der Waals surface area (Å²) < 4.78 is 25.3. The molecular formula is C9H18N2O2S2. The van der Waals surface area contributed by atoms with Gasteiger partial charge in [-0.05, 0) is 19.3 Å². The van der Waals surface area contributed by atoms with Gasteiger partial charge >= 0.3 is 0 Å². The van der Waals surface area contributed by atoms with E-state index in [-0.39, 0.29) is 11.8 Å². The summed E-state index contributed by atoms with van der Waals surface area (Å²) in [5, 5.41) is 0. The smallest absolute Gasteiger partial charge is 0.214 e. The van der Waals surface area contributed by atoms with Gasteiger partial charge in [-0.2, -0.15) is 4.31 Å². The van der Waals surface area contributed by atoms with Gasteiger partial charge in [0, 0.05) is 6.54 Å². The summed E-state index contributed by atoms with van der Waals surface area (Å²) in [6.07, 6.45) is 3.20. The van der Waals surface area contributed by atoms with Crippen molar-refractivity contribution in [2.24, 2.45) is 5.73 Å². The number of rotatable bonds is 5. The molecule has 2 N–H and O–H groups in total. The molecule has 6 heteroatoms. The van der Waals surface area contributed by atoms with Crippen LogP contribution in [-0.4, -0.2) is 36.1 Å². The monoisotopic (exact) mass is 250 g/mol. The molecule has 0 saturated carbocycles. The molecule has 0 amide bonds. The third-order valence-corrected chi connectivity index (χ3v) is 4.87. The van der Waals surface area contributed by atoms with Crippen LogP contribution in [0.2, 0.25) is 0 Å². The minimum atomic E-state index is -3.15. The standard InChI is InChI=1S/C9H18N2O2S2/c1-2-3-7-15(12,13)11-6-4-5-8(11)9(10)14/h8H,2-7H2,1H3,(H2,10,14). The van der Waals surface area contributed by atoms with Crippen LogP contribution in [0.1, 0.15) is 32.6 Å². The van der Waals surface area contributed by atoms with Crippen molar-refractivity contribution >= 4 is 27.2 Å². The molecule has 0 aromatic heterocycles. The first-order chi connectivity index (χ1) is 6.99. The molecule has 1 aliphatic heterocycles. The normalized spacial score (nSPS) is 23.1. The molecule has 1 fully saturated rings.